The van der Waals surface area contributed by atoms with Gasteiger partial charge >= 0.3 is 0 Å². The fourth-order valence-corrected chi connectivity index (χ4v) is 3.74. The van der Waals surface area contributed by atoms with Crippen LogP contribution in [0.4, 0.5) is 0 Å². The summed E-state index contributed by atoms with van der Waals surface area (Å²) in [5.74, 6) is 1.37. The molecule has 0 radical (unpaired) electrons. The van der Waals surface area contributed by atoms with Crippen molar-refractivity contribution in [3.05, 3.63) is 24.5 Å². The van der Waals surface area contributed by atoms with Gasteiger partial charge in [-0.05, 0) is 25.0 Å². The van der Waals surface area contributed by atoms with E-state index in [0.29, 0.717) is 38.8 Å². The lowest BCUT2D eigenvalue weighted by atomic mass is 9.80. The molecule has 3 saturated heterocycles. The predicted molar refractivity (Wildman–Crippen MR) is 82.0 cm³/mol. The van der Waals surface area contributed by atoms with Crippen molar-refractivity contribution < 1.29 is 19.0 Å². The van der Waals surface area contributed by atoms with Gasteiger partial charge in [0.15, 0.2) is 0 Å². The smallest absolute Gasteiger partial charge is 0.228 e. The van der Waals surface area contributed by atoms with Crippen LogP contribution in [0.15, 0.2) is 24.5 Å². The first kappa shape index (κ1) is 14.9. The topological polar surface area (TPSA) is 60.9 Å². The van der Waals surface area contributed by atoms with Crippen molar-refractivity contribution in [3.63, 3.8) is 0 Å². The molecule has 0 N–H and O–H groups in total. The first-order chi connectivity index (χ1) is 11.3. The molecule has 124 valence electrons. The number of ether oxygens (including phenoxy) is 3. The molecule has 0 aliphatic carbocycles. The largest absolute Gasteiger partial charge is 0.492 e. The zero-order valence-corrected chi connectivity index (χ0v) is 13.1. The molecule has 4 heterocycles. The minimum Gasteiger partial charge on any atom is -0.492 e. The third kappa shape index (κ3) is 2.81. The predicted octanol–water partition coefficient (Wildman–Crippen LogP) is 1.11. The third-order valence-electron chi connectivity index (χ3n) is 5.19. The van der Waals surface area contributed by atoms with Gasteiger partial charge in [0.25, 0.3) is 0 Å². The summed E-state index contributed by atoms with van der Waals surface area (Å²) in [6, 6.07) is 3.77. The highest BCUT2D eigenvalue weighted by Gasteiger charge is 2.55. The maximum Gasteiger partial charge on any atom is 0.228 e. The van der Waals surface area contributed by atoms with Gasteiger partial charge in [0, 0.05) is 25.3 Å². The van der Waals surface area contributed by atoms with Gasteiger partial charge in [0.2, 0.25) is 5.91 Å². The molecule has 1 spiro atoms. The second-order valence-corrected chi connectivity index (χ2v) is 6.65. The Hall–Kier alpha value is -1.66. The van der Waals surface area contributed by atoms with Crippen LogP contribution in [0.2, 0.25) is 0 Å². The normalized spacial score (nSPS) is 28.8. The number of hydrogen-bond donors (Lipinski definition) is 0. The molecule has 0 bridgehead atoms. The van der Waals surface area contributed by atoms with Gasteiger partial charge in [-0.25, -0.2) is 0 Å². The zero-order chi connectivity index (χ0) is 15.7. The molecule has 3 fully saturated rings. The van der Waals surface area contributed by atoms with Crippen molar-refractivity contribution >= 4 is 5.91 Å². The molecule has 2 atom stereocenters. The standard InChI is InChI=1S/C17H22N2O4/c20-16(13-3-6-21-9-13)19-11-17(12-19)14(4-7-23-17)10-22-15-2-1-5-18-8-15/h1-2,5,8,13-14H,3-4,6-7,9-12H2/t13-,14+/m1/s1. The highest BCUT2D eigenvalue weighted by molar-refractivity contribution is 5.80. The molecule has 6 nitrogen and oxygen atoms in total. The van der Waals surface area contributed by atoms with E-state index in [1.54, 1.807) is 12.4 Å². The minimum atomic E-state index is -0.211. The summed E-state index contributed by atoms with van der Waals surface area (Å²) in [5.41, 5.74) is -0.211. The lowest BCUT2D eigenvalue weighted by Gasteiger charge is -2.50. The number of pyridine rings is 1. The molecular formula is C17H22N2O4. The molecule has 0 saturated carbocycles. The van der Waals surface area contributed by atoms with E-state index >= 15 is 0 Å². The van der Waals surface area contributed by atoms with Gasteiger partial charge in [-0.15, -0.1) is 0 Å². The Labute approximate surface area is 135 Å². The van der Waals surface area contributed by atoms with E-state index in [0.717, 1.165) is 25.2 Å². The molecule has 3 aliphatic heterocycles. The van der Waals surface area contributed by atoms with Crippen molar-refractivity contribution in [2.24, 2.45) is 11.8 Å². The van der Waals surface area contributed by atoms with Crippen LogP contribution < -0.4 is 4.74 Å². The number of likely N-dealkylation sites (tertiary alicyclic amines) is 1. The Kier molecular flexibility index (Phi) is 3.95. The maximum absolute atomic E-state index is 12.4. The first-order valence-electron chi connectivity index (χ1n) is 8.30. The number of aromatic nitrogens is 1. The Morgan fingerprint density at radius 2 is 2.30 bits per heavy atom. The quantitative estimate of drug-likeness (QED) is 0.832. The zero-order valence-electron chi connectivity index (χ0n) is 13.1. The van der Waals surface area contributed by atoms with Gasteiger partial charge in [-0.3, -0.25) is 9.78 Å². The van der Waals surface area contributed by atoms with Crippen LogP contribution in [0.25, 0.3) is 0 Å². The van der Waals surface area contributed by atoms with Crippen LogP contribution >= 0.6 is 0 Å². The van der Waals surface area contributed by atoms with Gasteiger partial charge in [0.05, 0.1) is 38.4 Å². The van der Waals surface area contributed by atoms with E-state index in [1.807, 2.05) is 17.0 Å². The molecule has 0 unspecified atom stereocenters. The number of nitrogens with zero attached hydrogens (tertiary/aromatic N) is 2. The highest BCUT2D eigenvalue weighted by Crippen LogP contribution is 2.41. The molecule has 6 heteroatoms. The van der Waals surface area contributed by atoms with Crippen molar-refractivity contribution in [1.82, 2.24) is 9.88 Å². The van der Waals surface area contributed by atoms with E-state index in [1.165, 1.54) is 0 Å². The number of carbonyl (C=O) groups excluding carboxylic acids is 1. The molecule has 1 amide bonds. The van der Waals surface area contributed by atoms with Crippen LogP contribution in [-0.4, -0.2) is 60.9 Å². The van der Waals surface area contributed by atoms with E-state index in [-0.39, 0.29) is 17.4 Å². The summed E-state index contributed by atoms with van der Waals surface area (Å²) >= 11 is 0. The highest BCUT2D eigenvalue weighted by atomic mass is 16.5. The van der Waals surface area contributed by atoms with Crippen molar-refractivity contribution in [3.8, 4) is 5.75 Å². The second-order valence-electron chi connectivity index (χ2n) is 6.65. The number of carbonyl (C=O) groups is 1. The average molecular weight is 318 g/mol. The molecule has 1 aromatic heterocycles. The van der Waals surface area contributed by atoms with E-state index in [4.69, 9.17) is 14.2 Å². The molecule has 0 aromatic carbocycles. The summed E-state index contributed by atoms with van der Waals surface area (Å²) in [6.07, 6.45) is 5.28. The number of rotatable bonds is 4. The SMILES string of the molecule is O=C([C@@H]1CCOC1)N1CC2(C1)OCC[C@H]2COc1cccnc1. The third-order valence-corrected chi connectivity index (χ3v) is 5.19. The van der Waals surface area contributed by atoms with Gasteiger partial charge in [-0.2, -0.15) is 0 Å². The summed E-state index contributed by atoms with van der Waals surface area (Å²) in [7, 11) is 0. The van der Waals surface area contributed by atoms with E-state index in [2.05, 4.69) is 4.98 Å². The summed E-state index contributed by atoms with van der Waals surface area (Å²) in [6.45, 7) is 3.99. The van der Waals surface area contributed by atoms with Crippen LogP contribution in [0, 0.1) is 11.8 Å². The Bertz CT molecular complexity index is 553. The summed E-state index contributed by atoms with van der Waals surface area (Å²) in [5, 5.41) is 0. The van der Waals surface area contributed by atoms with Crippen LogP contribution in [-0.2, 0) is 14.3 Å². The lowest BCUT2D eigenvalue weighted by Crippen LogP contribution is -2.67. The lowest BCUT2D eigenvalue weighted by molar-refractivity contribution is -0.170. The Morgan fingerprint density at radius 3 is 3.04 bits per heavy atom. The van der Waals surface area contributed by atoms with Crippen molar-refractivity contribution in [2.75, 3.05) is 39.5 Å². The van der Waals surface area contributed by atoms with Crippen molar-refractivity contribution in [1.29, 1.82) is 0 Å². The Morgan fingerprint density at radius 1 is 1.39 bits per heavy atom. The van der Waals surface area contributed by atoms with Gasteiger partial charge in [0.1, 0.15) is 11.4 Å². The summed E-state index contributed by atoms with van der Waals surface area (Å²) < 4.78 is 17.2. The van der Waals surface area contributed by atoms with E-state index < -0.39 is 0 Å². The van der Waals surface area contributed by atoms with Gasteiger partial charge in [-0.1, -0.05) is 0 Å². The fourth-order valence-electron chi connectivity index (χ4n) is 3.74. The van der Waals surface area contributed by atoms with E-state index in [9.17, 15) is 4.79 Å². The first-order valence-corrected chi connectivity index (χ1v) is 8.30. The monoisotopic (exact) mass is 318 g/mol. The second kappa shape index (κ2) is 6.09. The average Bonchev–Trinajstić information content (AvgIpc) is 3.21. The Balaban J connectivity index is 1.33. The number of amides is 1. The molecule has 1 aromatic rings. The van der Waals surface area contributed by atoms with Gasteiger partial charge < -0.3 is 19.1 Å². The summed E-state index contributed by atoms with van der Waals surface area (Å²) in [4.78, 5) is 18.4. The minimum absolute atomic E-state index is 0.0406. The molecule has 23 heavy (non-hydrogen) atoms. The molecule has 3 aliphatic rings. The fraction of sp³-hybridized carbons (Fsp3) is 0.647. The maximum atomic E-state index is 12.4. The number of hydrogen-bond acceptors (Lipinski definition) is 5. The van der Waals surface area contributed by atoms with Crippen LogP contribution in [0.3, 0.4) is 0 Å². The van der Waals surface area contributed by atoms with Crippen LogP contribution in [0.5, 0.6) is 5.75 Å². The van der Waals surface area contributed by atoms with Crippen LogP contribution in [0.1, 0.15) is 12.8 Å². The molecule has 4 rings (SSSR count). The van der Waals surface area contributed by atoms with Crippen molar-refractivity contribution in [2.45, 2.75) is 18.4 Å². The molecular weight excluding hydrogens is 296 g/mol.